The van der Waals surface area contributed by atoms with E-state index in [0.29, 0.717) is 5.92 Å². The number of carboxylic acids is 1. The lowest BCUT2D eigenvalue weighted by Crippen LogP contribution is -2.49. The molecule has 0 aromatic carbocycles. The van der Waals surface area contributed by atoms with Crippen molar-refractivity contribution in [1.29, 1.82) is 0 Å². The van der Waals surface area contributed by atoms with E-state index in [1.165, 1.54) is 6.92 Å². The van der Waals surface area contributed by atoms with Gasteiger partial charge >= 0.3 is 5.97 Å². The van der Waals surface area contributed by atoms with Crippen molar-refractivity contribution in [3.8, 4) is 0 Å². The van der Waals surface area contributed by atoms with Gasteiger partial charge < -0.3 is 10.2 Å². The van der Waals surface area contributed by atoms with Crippen LogP contribution in [-0.4, -0.2) is 46.3 Å². The number of likely N-dealkylation sites (N-methyl/N-ethyl adjacent to an activating group) is 1. The van der Waals surface area contributed by atoms with Gasteiger partial charge in [0.15, 0.2) is 5.60 Å². The second-order valence-corrected chi connectivity index (χ2v) is 4.48. The molecule has 0 rings (SSSR count). The summed E-state index contributed by atoms with van der Waals surface area (Å²) in [4.78, 5) is 12.5. The van der Waals surface area contributed by atoms with Crippen molar-refractivity contribution in [2.45, 2.75) is 39.3 Å². The van der Waals surface area contributed by atoms with Crippen LogP contribution in [0.5, 0.6) is 0 Å². The van der Waals surface area contributed by atoms with Crippen molar-refractivity contribution >= 4 is 5.97 Å². The highest BCUT2D eigenvalue weighted by Crippen LogP contribution is 2.12. The molecule has 14 heavy (non-hydrogen) atoms. The molecule has 2 atom stereocenters. The highest BCUT2D eigenvalue weighted by Gasteiger charge is 2.32. The predicted octanol–water partition coefficient (Wildman–Crippen LogP) is 0.798. The molecule has 2 unspecified atom stereocenters. The molecule has 0 heterocycles. The molecule has 0 aliphatic carbocycles. The molecule has 0 spiro atoms. The number of rotatable bonds is 5. The van der Waals surface area contributed by atoms with Gasteiger partial charge in [0.25, 0.3) is 0 Å². The van der Waals surface area contributed by atoms with Crippen LogP contribution in [0.4, 0.5) is 0 Å². The van der Waals surface area contributed by atoms with Gasteiger partial charge in [0.2, 0.25) is 0 Å². The molecule has 0 saturated heterocycles. The average Bonchev–Trinajstić information content (AvgIpc) is 2.01. The molecule has 4 heteroatoms. The van der Waals surface area contributed by atoms with Gasteiger partial charge in [-0.25, -0.2) is 4.79 Å². The fourth-order valence-electron chi connectivity index (χ4n) is 1.21. The molecular weight excluding hydrogens is 182 g/mol. The SMILES string of the molecule is CC(C)C(C)N(C)CC(C)(O)C(=O)O. The molecule has 0 aliphatic rings. The Labute approximate surface area is 85.5 Å². The first-order valence-electron chi connectivity index (χ1n) is 4.84. The Hall–Kier alpha value is -0.610. The maximum atomic E-state index is 10.7. The Morgan fingerprint density at radius 1 is 1.43 bits per heavy atom. The van der Waals surface area contributed by atoms with Gasteiger partial charge in [-0.2, -0.15) is 0 Å². The van der Waals surface area contributed by atoms with Crippen LogP contribution in [0.25, 0.3) is 0 Å². The van der Waals surface area contributed by atoms with E-state index in [1.807, 2.05) is 18.9 Å². The van der Waals surface area contributed by atoms with E-state index in [1.54, 1.807) is 0 Å². The summed E-state index contributed by atoms with van der Waals surface area (Å²) in [7, 11) is 1.82. The Kier molecular flexibility index (Phi) is 4.55. The minimum Gasteiger partial charge on any atom is -0.479 e. The van der Waals surface area contributed by atoms with E-state index in [4.69, 9.17) is 5.11 Å². The third-order valence-electron chi connectivity index (χ3n) is 2.68. The summed E-state index contributed by atoms with van der Waals surface area (Å²) in [5, 5.41) is 18.3. The van der Waals surface area contributed by atoms with Crippen molar-refractivity contribution in [1.82, 2.24) is 4.90 Å². The highest BCUT2D eigenvalue weighted by atomic mass is 16.4. The third kappa shape index (κ3) is 3.64. The second-order valence-electron chi connectivity index (χ2n) is 4.48. The summed E-state index contributed by atoms with van der Waals surface area (Å²) in [5.74, 6) is -0.745. The van der Waals surface area contributed by atoms with Crippen molar-refractivity contribution < 1.29 is 15.0 Å². The van der Waals surface area contributed by atoms with Gasteiger partial charge in [-0.3, -0.25) is 4.90 Å². The Morgan fingerprint density at radius 3 is 2.14 bits per heavy atom. The molecule has 0 amide bonds. The van der Waals surface area contributed by atoms with Gasteiger partial charge in [0.1, 0.15) is 0 Å². The zero-order valence-corrected chi connectivity index (χ0v) is 9.61. The van der Waals surface area contributed by atoms with Crippen molar-refractivity contribution in [2.75, 3.05) is 13.6 Å². The van der Waals surface area contributed by atoms with Crippen LogP contribution in [0, 0.1) is 5.92 Å². The lowest BCUT2D eigenvalue weighted by Gasteiger charge is -2.32. The van der Waals surface area contributed by atoms with Gasteiger partial charge in [0, 0.05) is 12.6 Å². The summed E-state index contributed by atoms with van der Waals surface area (Å²) in [6.07, 6.45) is 0. The first kappa shape index (κ1) is 13.4. The molecule has 0 aromatic rings. The smallest absolute Gasteiger partial charge is 0.336 e. The largest absolute Gasteiger partial charge is 0.479 e. The third-order valence-corrected chi connectivity index (χ3v) is 2.68. The van der Waals surface area contributed by atoms with E-state index >= 15 is 0 Å². The molecule has 0 aliphatic heterocycles. The first-order valence-corrected chi connectivity index (χ1v) is 4.84. The zero-order chi connectivity index (χ0) is 11.5. The fraction of sp³-hybridized carbons (Fsp3) is 0.900. The number of carboxylic acid groups (broad SMARTS) is 1. The number of carbonyl (C=O) groups is 1. The molecule has 84 valence electrons. The average molecular weight is 203 g/mol. The zero-order valence-electron chi connectivity index (χ0n) is 9.61. The van der Waals surface area contributed by atoms with Gasteiger partial charge in [-0.1, -0.05) is 13.8 Å². The fourth-order valence-corrected chi connectivity index (χ4v) is 1.21. The van der Waals surface area contributed by atoms with E-state index in [2.05, 4.69) is 13.8 Å². The minimum atomic E-state index is -1.67. The minimum absolute atomic E-state index is 0.141. The summed E-state index contributed by atoms with van der Waals surface area (Å²) in [5.41, 5.74) is -1.67. The Balaban J connectivity index is 4.31. The maximum Gasteiger partial charge on any atom is 0.336 e. The molecule has 4 nitrogen and oxygen atoms in total. The van der Waals surface area contributed by atoms with E-state index < -0.39 is 11.6 Å². The van der Waals surface area contributed by atoms with E-state index in [9.17, 15) is 9.90 Å². The summed E-state index contributed by atoms with van der Waals surface area (Å²) in [6, 6.07) is 0.251. The maximum absolute atomic E-state index is 10.7. The van der Waals surface area contributed by atoms with Crippen LogP contribution < -0.4 is 0 Å². The monoisotopic (exact) mass is 203 g/mol. The van der Waals surface area contributed by atoms with Gasteiger partial charge in [-0.15, -0.1) is 0 Å². The Morgan fingerprint density at radius 2 is 1.86 bits per heavy atom. The number of hydrogen-bond donors (Lipinski definition) is 2. The molecular formula is C10H21NO3. The van der Waals surface area contributed by atoms with Gasteiger partial charge in [-0.05, 0) is 26.8 Å². The molecule has 0 aromatic heterocycles. The second kappa shape index (κ2) is 4.75. The molecule has 0 radical (unpaired) electrons. The number of hydrogen-bond acceptors (Lipinski definition) is 3. The lowest BCUT2D eigenvalue weighted by atomic mass is 10.0. The molecule has 2 N–H and O–H groups in total. The molecule has 0 bridgehead atoms. The van der Waals surface area contributed by atoms with Crippen LogP contribution in [-0.2, 0) is 4.79 Å². The first-order chi connectivity index (χ1) is 6.18. The number of nitrogens with zero attached hydrogens (tertiary/aromatic N) is 1. The van der Waals surface area contributed by atoms with Crippen LogP contribution in [0.2, 0.25) is 0 Å². The van der Waals surface area contributed by atoms with Crippen LogP contribution in [0.1, 0.15) is 27.7 Å². The summed E-state index contributed by atoms with van der Waals surface area (Å²) < 4.78 is 0. The number of aliphatic hydroxyl groups is 1. The molecule has 0 saturated carbocycles. The van der Waals surface area contributed by atoms with Crippen molar-refractivity contribution in [3.05, 3.63) is 0 Å². The van der Waals surface area contributed by atoms with Crippen LogP contribution in [0.3, 0.4) is 0 Å². The Bertz CT molecular complexity index is 202. The highest BCUT2D eigenvalue weighted by molar-refractivity contribution is 5.76. The molecule has 0 fully saturated rings. The summed E-state index contributed by atoms with van der Waals surface area (Å²) in [6.45, 7) is 7.61. The van der Waals surface area contributed by atoms with E-state index in [0.717, 1.165) is 0 Å². The normalized spacial score (nSPS) is 18.3. The summed E-state index contributed by atoms with van der Waals surface area (Å²) >= 11 is 0. The lowest BCUT2D eigenvalue weighted by molar-refractivity contribution is -0.158. The predicted molar refractivity (Wildman–Crippen MR) is 55.2 cm³/mol. The van der Waals surface area contributed by atoms with Crippen molar-refractivity contribution in [2.24, 2.45) is 5.92 Å². The van der Waals surface area contributed by atoms with E-state index in [-0.39, 0.29) is 12.6 Å². The quantitative estimate of drug-likeness (QED) is 0.694. The number of aliphatic carboxylic acids is 1. The van der Waals surface area contributed by atoms with Gasteiger partial charge in [0.05, 0.1) is 0 Å². The standard InChI is InChI=1S/C10H21NO3/c1-7(2)8(3)11(5)6-10(4,14)9(12)13/h7-8,14H,6H2,1-5H3,(H,12,13). The van der Waals surface area contributed by atoms with Crippen molar-refractivity contribution in [3.63, 3.8) is 0 Å². The topological polar surface area (TPSA) is 60.8 Å². The van der Waals surface area contributed by atoms with Crippen LogP contribution in [0.15, 0.2) is 0 Å². The van der Waals surface area contributed by atoms with Crippen LogP contribution >= 0.6 is 0 Å².